The lowest BCUT2D eigenvalue weighted by atomic mass is 10.0. The first-order valence-corrected chi connectivity index (χ1v) is 13.4. The lowest BCUT2D eigenvalue weighted by Gasteiger charge is -2.34. The van der Waals surface area contributed by atoms with E-state index in [1.165, 1.54) is 33.4 Å². The molecule has 1 fully saturated rings. The molecule has 0 amide bonds. The van der Waals surface area contributed by atoms with Crippen molar-refractivity contribution in [2.45, 2.75) is 35.6 Å². The van der Waals surface area contributed by atoms with E-state index in [9.17, 15) is 16.8 Å². The summed E-state index contributed by atoms with van der Waals surface area (Å²) in [6.07, 6.45) is 1.39. The predicted molar refractivity (Wildman–Crippen MR) is 111 cm³/mol. The highest BCUT2D eigenvalue weighted by atomic mass is 32.2. The first-order valence-electron chi connectivity index (χ1n) is 9.62. The molecule has 3 heterocycles. The minimum absolute atomic E-state index is 0.101. The number of sulfonamides is 2. The lowest BCUT2D eigenvalue weighted by Crippen LogP contribution is -2.40. The van der Waals surface area contributed by atoms with Crippen molar-refractivity contribution in [2.75, 3.05) is 32.8 Å². The second-order valence-corrected chi connectivity index (χ2v) is 11.9. The lowest BCUT2D eigenvalue weighted by molar-refractivity contribution is 0.0730. The maximum Gasteiger partial charge on any atom is 0.243 e. The molecule has 0 bridgehead atoms. The van der Waals surface area contributed by atoms with Crippen LogP contribution in [0.5, 0.6) is 0 Å². The summed E-state index contributed by atoms with van der Waals surface area (Å²) >= 11 is 1.67. The molecule has 2 aromatic rings. The van der Waals surface area contributed by atoms with Gasteiger partial charge in [-0.2, -0.15) is 8.61 Å². The van der Waals surface area contributed by atoms with Crippen LogP contribution in [0.4, 0.5) is 0 Å². The van der Waals surface area contributed by atoms with Crippen LogP contribution in [0.25, 0.3) is 0 Å². The van der Waals surface area contributed by atoms with E-state index in [1.54, 1.807) is 15.6 Å². The van der Waals surface area contributed by atoms with E-state index in [-0.39, 0.29) is 15.8 Å². The summed E-state index contributed by atoms with van der Waals surface area (Å²) < 4.78 is 60.3. The zero-order chi connectivity index (χ0) is 20.6. The molecule has 2 aliphatic heterocycles. The molecule has 1 atom stereocenters. The summed E-state index contributed by atoms with van der Waals surface area (Å²) in [6, 6.07) is 7.40. The minimum atomic E-state index is -3.72. The highest BCUT2D eigenvalue weighted by Crippen LogP contribution is 2.38. The summed E-state index contributed by atoms with van der Waals surface area (Å²) in [5, 5.41) is 2.01. The summed E-state index contributed by atoms with van der Waals surface area (Å²) in [6.45, 7) is 3.75. The number of fused-ring (bicyclic) bond motifs is 1. The highest BCUT2D eigenvalue weighted by Gasteiger charge is 2.36. The average molecular weight is 457 g/mol. The molecule has 158 valence electrons. The zero-order valence-electron chi connectivity index (χ0n) is 16.2. The number of hydrogen-bond acceptors (Lipinski definition) is 6. The Balaban J connectivity index is 1.61. The number of benzene rings is 1. The van der Waals surface area contributed by atoms with Crippen molar-refractivity contribution >= 4 is 31.4 Å². The van der Waals surface area contributed by atoms with Crippen LogP contribution in [0.1, 0.15) is 29.8 Å². The van der Waals surface area contributed by atoms with E-state index in [2.05, 4.69) is 0 Å². The van der Waals surface area contributed by atoms with Gasteiger partial charge in [0.05, 0.1) is 29.0 Å². The first-order chi connectivity index (χ1) is 13.9. The molecule has 0 saturated carbocycles. The van der Waals surface area contributed by atoms with E-state index in [0.29, 0.717) is 45.7 Å². The van der Waals surface area contributed by atoms with E-state index in [4.69, 9.17) is 4.74 Å². The first kappa shape index (κ1) is 21.0. The van der Waals surface area contributed by atoms with Crippen molar-refractivity contribution in [3.8, 4) is 0 Å². The van der Waals surface area contributed by atoms with Gasteiger partial charge in [-0.3, -0.25) is 0 Å². The third kappa shape index (κ3) is 3.77. The molecule has 1 saturated heterocycles. The zero-order valence-corrected chi connectivity index (χ0v) is 18.6. The van der Waals surface area contributed by atoms with Gasteiger partial charge in [0.15, 0.2) is 0 Å². The van der Waals surface area contributed by atoms with Crippen LogP contribution in [0, 0.1) is 0 Å². The van der Waals surface area contributed by atoms with Crippen LogP contribution >= 0.6 is 11.3 Å². The fourth-order valence-electron chi connectivity index (χ4n) is 3.94. The van der Waals surface area contributed by atoms with Gasteiger partial charge in [-0.25, -0.2) is 16.8 Å². The third-order valence-electron chi connectivity index (χ3n) is 5.47. The maximum absolute atomic E-state index is 13.3. The van der Waals surface area contributed by atoms with Gasteiger partial charge >= 0.3 is 0 Å². The fraction of sp³-hybridized carbons (Fsp3) is 0.474. The Morgan fingerprint density at radius 3 is 2.21 bits per heavy atom. The maximum atomic E-state index is 13.3. The molecule has 0 unspecified atom stereocenters. The van der Waals surface area contributed by atoms with Gasteiger partial charge in [0.25, 0.3) is 0 Å². The Labute approximate surface area is 176 Å². The highest BCUT2D eigenvalue weighted by molar-refractivity contribution is 7.89. The minimum Gasteiger partial charge on any atom is -0.379 e. The predicted octanol–water partition coefficient (Wildman–Crippen LogP) is 2.47. The SMILES string of the molecule is CC[C@H]1c2ccsc2CCN1S(=O)(=O)c1ccc(S(=O)(=O)N2CCOCC2)cc1. The molecule has 10 heteroatoms. The Morgan fingerprint density at radius 1 is 0.966 bits per heavy atom. The summed E-state index contributed by atoms with van der Waals surface area (Å²) in [7, 11) is -7.37. The fourth-order valence-corrected chi connectivity index (χ4v) is 7.96. The molecule has 4 rings (SSSR count). The normalized spacial score (nSPS) is 21.8. The smallest absolute Gasteiger partial charge is 0.243 e. The van der Waals surface area contributed by atoms with E-state index in [1.807, 2.05) is 18.4 Å². The van der Waals surface area contributed by atoms with Crippen LogP contribution in [0.15, 0.2) is 45.5 Å². The van der Waals surface area contributed by atoms with Gasteiger partial charge in [0.2, 0.25) is 20.0 Å². The van der Waals surface area contributed by atoms with Gasteiger partial charge in [-0.15, -0.1) is 11.3 Å². The van der Waals surface area contributed by atoms with Crippen LogP contribution in [0.3, 0.4) is 0 Å². The number of hydrogen-bond donors (Lipinski definition) is 0. The molecule has 1 aromatic heterocycles. The van der Waals surface area contributed by atoms with Crippen molar-refractivity contribution in [1.29, 1.82) is 0 Å². The number of ether oxygens (including phenoxy) is 1. The van der Waals surface area contributed by atoms with Gasteiger partial charge in [-0.05, 0) is 54.1 Å². The Hall–Kier alpha value is -1.30. The Bertz CT molecular complexity index is 1070. The quantitative estimate of drug-likeness (QED) is 0.690. The molecule has 29 heavy (non-hydrogen) atoms. The monoisotopic (exact) mass is 456 g/mol. The topological polar surface area (TPSA) is 84.0 Å². The molecule has 0 spiro atoms. The summed E-state index contributed by atoms with van der Waals surface area (Å²) in [5.41, 5.74) is 1.08. The average Bonchev–Trinajstić information content (AvgIpc) is 3.22. The van der Waals surface area contributed by atoms with Crippen molar-refractivity contribution in [3.05, 3.63) is 46.2 Å². The molecular formula is C19H24N2O5S3. The molecule has 0 aliphatic carbocycles. The molecule has 0 N–H and O–H groups in total. The van der Waals surface area contributed by atoms with E-state index >= 15 is 0 Å². The van der Waals surface area contributed by atoms with Crippen LogP contribution in [-0.2, 0) is 31.2 Å². The van der Waals surface area contributed by atoms with E-state index < -0.39 is 20.0 Å². The number of rotatable bonds is 5. The second-order valence-electron chi connectivity index (χ2n) is 7.08. The van der Waals surface area contributed by atoms with Crippen molar-refractivity contribution in [2.24, 2.45) is 0 Å². The standard InChI is InChI=1S/C19H24N2O5S3/c1-2-18-17-8-14-27-19(17)7-9-21(18)29(24,25)16-5-3-15(4-6-16)28(22,23)20-10-12-26-13-11-20/h3-6,8,14,18H,2,7,9-13H2,1H3/t18-/m0/s1. The largest absolute Gasteiger partial charge is 0.379 e. The van der Waals surface area contributed by atoms with Crippen LogP contribution in [0.2, 0.25) is 0 Å². The number of thiophene rings is 1. The van der Waals surface area contributed by atoms with Crippen molar-refractivity contribution in [1.82, 2.24) is 8.61 Å². The van der Waals surface area contributed by atoms with Crippen LogP contribution < -0.4 is 0 Å². The van der Waals surface area contributed by atoms with Crippen LogP contribution in [-0.4, -0.2) is 58.3 Å². The Morgan fingerprint density at radius 2 is 1.59 bits per heavy atom. The van der Waals surface area contributed by atoms with Crippen molar-refractivity contribution < 1.29 is 21.6 Å². The summed E-state index contributed by atoms with van der Waals surface area (Å²) in [5.74, 6) is 0. The third-order valence-corrected chi connectivity index (χ3v) is 10.3. The molecule has 2 aliphatic rings. The van der Waals surface area contributed by atoms with Gasteiger partial charge < -0.3 is 4.74 Å². The van der Waals surface area contributed by atoms with Gasteiger partial charge in [0, 0.05) is 24.5 Å². The Kier molecular flexibility index (Phi) is 5.84. The van der Waals surface area contributed by atoms with Gasteiger partial charge in [-0.1, -0.05) is 6.92 Å². The van der Waals surface area contributed by atoms with Gasteiger partial charge in [0.1, 0.15) is 0 Å². The molecule has 7 nitrogen and oxygen atoms in total. The summed E-state index contributed by atoms with van der Waals surface area (Å²) in [4.78, 5) is 1.47. The van der Waals surface area contributed by atoms with Crippen molar-refractivity contribution in [3.63, 3.8) is 0 Å². The molecule has 1 aromatic carbocycles. The number of morpholine rings is 1. The van der Waals surface area contributed by atoms with E-state index in [0.717, 1.165) is 5.56 Å². The second kappa shape index (κ2) is 8.09. The molecule has 0 radical (unpaired) electrons. The number of nitrogens with zero attached hydrogens (tertiary/aromatic N) is 2. The molecular weight excluding hydrogens is 432 g/mol.